The van der Waals surface area contributed by atoms with Gasteiger partial charge in [-0.15, -0.1) is 0 Å². The van der Waals surface area contributed by atoms with E-state index >= 15 is 0 Å². The van der Waals surface area contributed by atoms with E-state index in [4.69, 9.17) is 16.6 Å². The van der Waals surface area contributed by atoms with Crippen LogP contribution in [0.1, 0.15) is 35.7 Å². The number of hydrogen-bond acceptors (Lipinski definition) is 3. The van der Waals surface area contributed by atoms with E-state index < -0.39 is 0 Å². The Hall–Kier alpha value is -2.40. The number of hydrogen-bond donors (Lipinski definition) is 1. The van der Waals surface area contributed by atoms with Gasteiger partial charge < -0.3 is 5.32 Å². The molecule has 1 aliphatic carbocycles. The number of aryl methyl sites for hydroxylation is 1. The molecule has 120 valence electrons. The van der Waals surface area contributed by atoms with Crippen molar-refractivity contribution in [1.82, 2.24) is 14.4 Å². The quantitative estimate of drug-likeness (QED) is 0.774. The van der Waals surface area contributed by atoms with Crippen LogP contribution in [0.15, 0.2) is 24.7 Å². The molecule has 3 heterocycles. The first-order chi connectivity index (χ1) is 11.6. The molecule has 5 rings (SSSR count). The summed E-state index contributed by atoms with van der Waals surface area (Å²) in [6, 6.07) is 3.91. The van der Waals surface area contributed by atoms with Crippen LogP contribution in [0.25, 0.3) is 16.8 Å². The summed E-state index contributed by atoms with van der Waals surface area (Å²) in [6.07, 6.45) is 6.67. The number of imidazole rings is 1. The molecule has 24 heavy (non-hydrogen) atoms. The number of rotatable bonds is 2. The molecule has 6 heteroatoms. The largest absolute Gasteiger partial charge is 0.324 e. The number of fused-ring (bicyclic) bond motifs is 2. The first-order valence-electron chi connectivity index (χ1n) is 8.07. The van der Waals surface area contributed by atoms with E-state index in [1.807, 2.05) is 29.8 Å². The summed E-state index contributed by atoms with van der Waals surface area (Å²) in [6.45, 7) is 1.98. The molecule has 5 nitrogen and oxygen atoms in total. The summed E-state index contributed by atoms with van der Waals surface area (Å²) in [7, 11) is 0. The van der Waals surface area contributed by atoms with Gasteiger partial charge in [0.15, 0.2) is 0 Å². The second-order valence-corrected chi connectivity index (χ2v) is 7.00. The minimum Gasteiger partial charge on any atom is -0.324 e. The topological polar surface area (TPSA) is 59.3 Å². The highest BCUT2D eigenvalue weighted by Crippen LogP contribution is 2.41. The fourth-order valence-electron chi connectivity index (χ4n) is 3.42. The maximum Gasteiger partial charge on any atom is 0.228 e. The maximum absolute atomic E-state index is 11.7. The summed E-state index contributed by atoms with van der Waals surface area (Å²) >= 11 is 6.40. The first kappa shape index (κ1) is 14.0. The van der Waals surface area contributed by atoms with Gasteiger partial charge >= 0.3 is 0 Å². The number of nitrogens with zero attached hydrogens (tertiary/aromatic N) is 3. The minimum absolute atomic E-state index is 0.0195. The summed E-state index contributed by atoms with van der Waals surface area (Å²) in [5, 5.41) is 3.38. The van der Waals surface area contributed by atoms with Crippen LogP contribution >= 0.6 is 11.6 Å². The van der Waals surface area contributed by atoms with Crippen molar-refractivity contribution in [3.05, 3.63) is 46.6 Å². The molecule has 2 aliphatic rings. The van der Waals surface area contributed by atoms with Gasteiger partial charge in [-0.2, -0.15) is 0 Å². The number of anilines is 1. The number of carbonyl (C=O) groups excluding carboxylic acids is 1. The van der Waals surface area contributed by atoms with Crippen molar-refractivity contribution < 1.29 is 4.79 Å². The van der Waals surface area contributed by atoms with Crippen molar-refractivity contribution in [2.24, 2.45) is 0 Å². The average molecular weight is 339 g/mol. The van der Waals surface area contributed by atoms with Crippen molar-refractivity contribution in [3.8, 4) is 11.1 Å². The van der Waals surface area contributed by atoms with Crippen molar-refractivity contribution in [3.63, 3.8) is 0 Å². The van der Waals surface area contributed by atoms with Crippen molar-refractivity contribution >= 4 is 28.8 Å². The molecule has 1 saturated carbocycles. The Labute approximate surface area is 143 Å². The van der Waals surface area contributed by atoms with Gasteiger partial charge in [0.25, 0.3) is 0 Å². The molecule has 1 aliphatic heterocycles. The third-order valence-corrected chi connectivity index (χ3v) is 5.08. The van der Waals surface area contributed by atoms with E-state index in [1.54, 1.807) is 0 Å². The highest BCUT2D eigenvalue weighted by Gasteiger charge is 2.27. The van der Waals surface area contributed by atoms with Crippen LogP contribution in [0.5, 0.6) is 0 Å². The van der Waals surface area contributed by atoms with E-state index in [0.29, 0.717) is 17.4 Å². The molecule has 1 N–H and O–H groups in total. The Morgan fingerprint density at radius 1 is 1.33 bits per heavy atom. The predicted molar refractivity (Wildman–Crippen MR) is 92.5 cm³/mol. The van der Waals surface area contributed by atoms with Crippen LogP contribution in [0.2, 0.25) is 5.02 Å². The van der Waals surface area contributed by atoms with Gasteiger partial charge in [0.1, 0.15) is 12.0 Å². The second kappa shape index (κ2) is 4.80. The molecule has 0 atom stereocenters. The summed E-state index contributed by atoms with van der Waals surface area (Å²) in [5.74, 6) is 0.567. The van der Waals surface area contributed by atoms with Crippen LogP contribution in [0.3, 0.4) is 0 Å². The summed E-state index contributed by atoms with van der Waals surface area (Å²) in [5.41, 5.74) is 6.53. The van der Waals surface area contributed by atoms with E-state index in [9.17, 15) is 4.79 Å². The zero-order valence-electron chi connectivity index (χ0n) is 13.1. The second-order valence-electron chi connectivity index (χ2n) is 6.59. The Morgan fingerprint density at radius 3 is 2.96 bits per heavy atom. The van der Waals surface area contributed by atoms with Crippen molar-refractivity contribution in [2.75, 3.05) is 5.32 Å². The van der Waals surface area contributed by atoms with Gasteiger partial charge in [0.05, 0.1) is 28.5 Å². The number of benzene rings is 1. The van der Waals surface area contributed by atoms with Crippen LogP contribution in [0, 0.1) is 6.92 Å². The first-order valence-corrected chi connectivity index (χ1v) is 8.45. The lowest BCUT2D eigenvalue weighted by atomic mass is 10.0. The monoisotopic (exact) mass is 338 g/mol. The highest BCUT2D eigenvalue weighted by atomic mass is 35.5. The third kappa shape index (κ3) is 2.04. The Bertz CT molecular complexity index is 1020. The molecule has 1 fully saturated rings. The average Bonchev–Trinajstić information content (AvgIpc) is 3.19. The summed E-state index contributed by atoms with van der Waals surface area (Å²) in [4.78, 5) is 21.0. The Kier molecular flexibility index (Phi) is 2.80. The number of carbonyl (C=O) groups is 1. The van der Waals surface area contributed by atoms with Gasteiger partial charge in [-0.05, 0) is 43.0 Å². The highest BCUT2D eigenvalue weighted by molar-refractivity contribution is 6.34. The maximum atomic E-state index is 11.7. The molecule has 1 amide bonds. The zero-order valence-corrected chi connectivity index (χ0v) is 13.9. The molecule has 0 spiro atoms. The zero-order chi connectivity index (χ0) is 16.4. The van der Waals surface area contributed by atoms with Crippen LogP contribution in [0.4, 0.5) is 5.69 Å². The van der Waals surface area contributed by atoms with E-state index in [0.717, 1.165) is 39.4 Å². The fraction of sp³-hybridized carbons (Fsp3) is 0.278. The molecule has 0 saturated heterocycles. The van der Waals surface area contributed by atoms with Gasteiger partial charge in [-0.25, -0.2) is 9.97 Å². The Morgan fingerprint density at radius 2 is 2.17 bits per heavy atom. The van der Waals surface area contributed by atoms with Crippen LogP contribution in [-0.2, 0) is 11.2 Å². The van der Waals surface area contributed by atoms with Gasteiger partial charge in [-0.1, -0.05) is 11.6 Å². The fourth-order valence-corrected chi connectivity index (χ4v) is 3.70. The van der Waals surface area contributed by atoms with Gasteiger partial charge in [0.2, 0.25) is 5.91 Å². The van der Waals surface area contributed by atoms with Crippen molar-refractivity contribution in [1.29, 1.82) is 0 Å². The molecular weight excluding hydrogens is 324 g/mol. The summed E-state index contributed by atoms with van der Waals surface area (Å²) < 4.78 is 1.99. The molecule has 1 aromatic carbocycles. The molecular formula is C18H15ClN4O. The molecule has 2 aromatic heterocycles. The minimum atomic E-state index is -0.0195. The normalized spacial score (nSPS) is 16.5. The van der Waals surface area contributed by atoms with Crippen molar-refractivity contribution in [2.45, 2.75) is 32.1 Å². The van der Waals surface area contributed by atoms with Gasteiger partial charge in [0, 0.05) is 17.7 Å². The number of nitrogens with one attached hydrogen (secondary N) is 1. The number of aromatic nitrogens is 3. The lowest BCUT2D eigenvalue weighted by Gasteiger charge is -2.10. The van der Waals surface area contributed by atoms with Gasteiger partial charge in [-0.3, -0.25) is 9.20 Å². The number of amides is 1. The third-order valence-electron chi connectivity index (χ3n) is 4.78. The molecule has 3 aromatic rings. The van der Waals surface area contributed by atoms with E-state index in [-0.39, 0.29) is 5.91 Å². The van der Waals surface area contributed by atoms with Crippen LogP contribution < -0.4 is 5.32 Å². The van der Waals surface area contributed by atoms with Crippen LogP contribution in [-0.4, -0.2) is 20.3 Å². The molecule has 0 radical (unpaired) electrons. The lowest BCUT2D eigenvalue weighted by molar-refractivity contribution is -0.115. The molecule has 0 bridgehead atoms. The standard InChI is InChI=1S/C18H15ClN4O/c1-9-16(11-4-12-6-15(24)22-17(12)13(19)5-11)18-21-14(10-2-3-10)7-23(18)8-20-9/h4-5,7-8,10H,2-3,6H2,1H3,(H,22,24). The lowest BCUT2D eigenvalue weighted by Crippen LogP contribution is -2.03. The Balaban J connectivity index is 1.74. The SMILES string of the molecule is Cc1ncn2cc(C3CC3)nc2c1-c1cc(Cl)c2c(c1)CC(=O)N2. The van der Waals surface area contributed by atoms with E-state index in [1.165, 1.54) is 12.8 Å². The molecule has 0 unspecified atom stereocenters. The predicted octanol–water partition coefficient (Wildman–Crippen LogP) is 3.73. The van der Waals surface area contributed by atoms with E-state index in [2.05, 4.69) is 16.5 Å². The smallest absolute Gasteiger partial charge is 0.228 e. The number of halogens is 1.